The summed E-state index contributed by atoms with van der Waals surface area (Å²) in [6.07, 6.45) is 0.887. The second-order valence-corrected chi connectivity index (χ2v) is 3.92. The van der Waals surface area contributed by atoms with Crippen molar-refractivity contribution in [3.05, 3.63) is 28.3 Å². The maximum absolute atomic E-state index is 9.59. The zero-order valence-electron chi connectivity index (χ0n) is 7.55. The van der Waals surface area contributed by atoms with E-state index in [0.29, 0.717) is 5.75 Å². The summed E-state index contributed by atoms with van der Waals surface area (Å²) in [5, 5.41) is 10.4. The van der Waals surface area contributed by atoms with E-state index in [1.165, 1.54) is 0 Å². The predicted octanol–water partition coefficient (Wildman–Crippen LogP) is 2.03. The van der Waals surface area contributed by atoms with Crippen molar-refractivity contribution in [1.82, 2.24) is 4.90 Å². The molecule has 2 rings (SSSR count). The summed E-state index contributed by atoms with van der Waals surface area (Å²) in [6.45, 7) is 1.82. The Morgan fingerprint density at radius 1 is 1.38 bits per heavy atom. The molecule has 0 atom stereocenters. The number of likely N-dealkylation sites (N-methyl/N-ethyl adjacent to an activating group) is 1. The second kappa shape index (κ2) is 3.20. The number of aromatic hydroxyl groups is 1. The Hall–Kier alpha value is -0.730. The molecule has 2 nitrogen and oxygen atoms in total. The first-order valence-electron chi connectivity index (χ1n) is 4.36. The van der Waals surface area contributed by atoms with Crippen molar-refractivity contribution >= 4 is 11.6 Å². The molecule has 0 radical (unpaired) electrons. The quantitative estimate of drug-likeness (QED) is 0.688. The number of phenolic OH excluding ortho intramolecular Hbond substituents is 1. The standard InChI is InChI=1S/C10H12ClNO/c1-12-5-4-7-8(6-12)9(11)2-3-10(7)13/h2-3,13H,4-6H2,1H3. The highest BCUT2D eigenvalue weighted by atomic mass is 35.5. The van der Waals surface area contributed by atoms with Crippen LogP contribution in [0, 0.1) is 0 Å². The van der Waals surface area contributed by atoms with Gasteiger partial charge in [-0.1, -0.05) is 11.6 Å². The molecule has 0 saturated heterocycles. The van der Waals surface area contributed by atoms with Crippen LogP contribution in [0.5, 0.6) is 5.75 Å². The molecule has 0 saturated carbocycles. The lowest BCUT2D eigenvalue weighted by Gasteiger charge is -2.26. The van der Waals surface area contributed by atoms with E-state index in [9.17, 15) is 5.11 Å². The predicted molar refractivity (Wildman–Crippen MR) is 53.2 cm³/mol. The number of halogens is 1. The Kier molecular flexibility index (Phi) is 2.18. The van der Waals surface area contributed by atoms with Gasteiger partial charge in [0.2, 0.25) is 0 Å². The normalized spacial score (nSPS) is 17.1. The lowest BCUT2D eigenvalue weighted by Crippen LogP contribution is -2.26. The van der Waals surface area contributed by atoms with Gasteiger partial charge in [-0.15, -0.1) is 0 Å². The number of rotatable bonds is 0. The van der Waals surface area contributed by atoms with Crippen LogP contribution in [0.15, 0.2) is 12.1 Å². The summed E-state index contributed by atoms with van der Waals surface area (Å²) in [4.78, 5) is 2.20. The van der Waals surface area contributed by atoms with E-state index in [-0.39, 0.29) is 0 Å². The summed E-state index contributed by atoms with van der Waals surface area (Å²) in [7, 11) is 2.06. The highest BCUT2D eigenvalue weighted by molar-refractivity contribution is 6.31. The van der Waals surface area contributed by atoms with E-state index < -0.39 is 0 Å². The number of phenols is 1. The van der Waals surface area contributed by atoms with Gasteiger partial charge in [0.15, 0.2) is 0 Å². The minimum atomic E-state index is 0.382. The Morgan fingerprint density at radius 2 is 2.15 bits per heavy atom. The molecule has 0 unspecified atom stereocenters. The highest BCUT2D eigenvalue weighted by Crippen LogP contribution is 2.31. The van der Waals surface area contributed by atoms with Crippen molar-refractivity contribution in [2.45, 2.75) is 13.0 Å². The fraction of sp³-hybridized carbons (Fsp3) is 0.400. The average Bonchev–Trinajstić information content (AvgIpc) is 2.12. The molecule has 1 N–H and O–H groups in total. The first-order valence-corrected chi connectivity index (χ1v) is 4.74. The molecule has 0 fully saturated rings. The van der Waals surface area contributed by atoms with Crippen LogP contribution in [0.4, 0.5) is 0 Å². The van der Waals surface area contributed by atoms with E-state index in [1.807, 2.05) is 0 Å². The maximum atomic E-state index is 9.59. The monoisotopic (exact) mass is 197 g/mol. The number of fused-ring (bicyclic) bond motifs is 1. The first kappa shape index (κ1) is 8.85. The van der Waals surface area contributed by atoms with Crippen molar-refractivity contribution < 1.29 is 5.11 Å². The van der Waals surface area contributed by atoms with Gasteiger partial charge >= 0.3 is 0 Å². The number of hydrogen-bond donors (Lipinski definition) is 1. The molecule has 0 aliphatic carbocycles. The molecule has 3 heteroatoms. The minimum absolute atomic E-state index is 0.382. The van der Waals surface area contributed by atoms with Crippen LogP contribution in [-0.2, 0) is 13.0 Å². The van der Waals surface area contributed by atoms with E-state index in [1.54, 1.807) is 12.1 Å². The van der Waals surface area contributed by atoms with Gasteiger partial charge in [0.05, 0.1) is 0 Å². The van der Waals surface area contributed by atoms with Crippen molar-refractivity contribution in [2.24, 2.45) is 0 Å². The van der Waals surface area contributed by atoms with Crippen LogP contribution >= 0.6 is 11.6 Å². The molecule has 0 bridgehead atoms. The van der Waals surface area contributed by atoms with E-state index in [0.717, 1.165) is 35.7 Å². The molecule has 0 amide bonds. The maximum Gasteiger partial charge on any atom is 0.119 e. The molecule has 1 aliphatic rings. The van der Waals surface area contributed by atoms with Gasteiger partial charge in [-0.3, -0.25) is 0 Å². The lowest BCUT2D eigenvalue weighted by atomic mass is 9.99. The van der Waals surface area contributed by atoms with Gasteiger partial charge in [-0.05, 0) is 31.2 Å². The van der Waals surface area contributed by atoms with Gasteiger partial charge in [-0.25, -0.2) is 0 Å². The molecular formula is C10H12ClNO. The number of benzene rings is 1. The third-order valence-electron chi connectivity index (χ3n) is 2.52. The molecule has 1 aromatic rings. The third-order valence-corrected chi connectivity index (χ3v) is 2.87. The molecule has 13 heavy (non-hydrogen) atoms. The van der Waals surface area contributed by atoms with Crippen molar-refractivity contribution in [1.29, 1.82) is 0 Å². The SMILES string of the molecule is CN1CCc2c(O)ccc(Cl)c2C1. The van der Waals surface area contributed by atoms with Gasteiger partial charge in [0.1, 0.15) is 5.75 Å². The first-order chi connectivity index (χ1) is 6.18. The van der Waals surface area contributed by atoms with Crippen LogP contribution in [0.2, 0.25) is 5.02 Å². The average molecular weight is 198 g/mol. The van der Waals surface area contributed by atoms with E-state index in [2.05, 4.69) is 11.9 Å². The van der Waals surface area contributed by atoms with Crippen LogP contribution in [0.3, 0.4) is 0 Å². The molecule has 1 aromatic carbocycles. The number of hydrogen-bond acceptors (Lipinski definition) is 2. The highest BCUT2D eigenvalue weighted by Gasteiger charge is 2.18. The smallest absolute Gasteiger partial charge is 0.119 e. The van der Waals surface area contributed by atoms with Gasteiger partial charge < -0.3 is 10.0 Å². The minimum Gasteiger partial charge on any atom is -0.508 e. The molecule has 1 heterocycles. The summed E-state index contributed by atoms with van der Waals surface area (Å²) in [6, 6.07) is 3.43. The van der Waals surface area contributed by atoms with Crippen LogP contribution in [-0.4, -0.2) is 23.6 Å². The van der Waals surface area contributed by atoms with Crippen LogP contribution < -0.4 is 0 Å². The molecule has 70 valence electrons. The molecule has 0 spiro atoms. The van der Waals surface area contributed by atoms with Crippen molar-refractivity contribution in [2.75, 3.05) is 13.6 Å². The summed E-state index contributed by atoms with van der Waals surface area (Å²) < 4.78 is 0. The number of nitrogens with zero attached hydrogens (tertiary/aromatic N) is 1. The molecule has 0 aromatic heterocycles. The third kappa shape index (κ3) is 1.52. The van der Waals surface area contributed by atoms with Gasteiger partial charge in [-0.2, -0.15) is 0 Å². The zero-order chi connectivity index (χ0) is 9.42. The topological polar surface area (TPSA) is 23.5 Å². The van der Waals surface area contributed by atoms with E-state index >= 15 is 0 Å². The lowest BCUT2D eigenvalue weighted by molar-refractivity contribution is 0.308. The molecule has 1 aliphatic heterocycles. The Morgan fingerprint density at radius 3 is 2.92 bits per heavy atom. The fourth-order valence-electron chi connectivity index (χ4n) is 1.75. The summed E-state index contributed by atoms with van der Waals surface area (Å²) >= 11 is 6.04. The second-order valence-electron chi connectivity index (χ2n) is 3.51. The fourth-order valence-corrected chi connectivity index (χ4v) is 1.99. The molecular weight excluding hydrogens is 186 g/mol. The zero-order valence-corrected chi connectivity index (χ0v) is 8.30. The summed E-state index contributed by atoms with van der Waals surface area (Å²) in [5.74, 6) is 0.382. The van der Waals surface area contributed by atoms with Crippen LogP contribution in [0.25, 0.3) is 0 Å². The van der Waals surface area contributed by atoms with Crippen molar-refractivity contribution in [3.8, 4) is 5.75 Å². The Bertz CT molecular complexity index is 338. The van der Waals surface area contributed by atoms with Crippen molar-refractivity contribution in [3.63, 3.8) is 0 Å². The Balaban J connectivity index is 2.51. The largest absolute Gasteiger partial charge is 0.508 e. The van der Waals surface area contributed by atoms with Crippen LogP contribution in [0.1, 0.15) is 11.1 Å². The Labute approximate surface area is 82.7 Å². The van der Waals surface area contributed by atoms with E-state index in [4.69, 9.17) is 11.6 Å². The van der Waals surface area contributed by atoms with Gasteiger partial charge in [0.25, 0.3) is 0 Å². The van der Waals surface area contributed by atoms with Gasteiger partial charge in [0, 0.05) is 23.7 Å². The summed E-state index contributed by atoms with van der Waals surface area (Å²) in [5.41, 5.74) is 2.10.